The van der Waals surface area contributed by atoms with Crippen molar-refractivity contribution in [2.24, 2.45) is 23.7 Å². The average molecular weight is 475 g/mol. The smallest absolute Gasteiger partial charge is 0.550 e. The molecule has 0 N–H and O–H groups in total. The third-order valence-electron chi connectivity index (χ3n) is 4.78. The van der Waals surface area contributed by atoms with E-state index >= 15 is 0 Å². The molecule has 0 aliphatic carbocycles. The summed E-state index contributed by atoms with van der Waals surface area (Å²) >= 11 is 7.98. The van der Waals surface area contributed by atoms with Gasteiger partial charge in [0.05, 0.1) is 0 Å². The maximum Gasteiger partial charge on any atom is 2.00 e. The van der Waals surface area contributed by atoms with Gasteiger partial charge < -0.3 is 19.8 Å². The summed E-state index contributed by atoms with van der Waals surface area (Å²) in [4.78, 5) is 21.1. The molecular formula is C22H42CaO4S2. The molecule has 7 heteroatoms. The predicted molar refractivity (Wildman–Crippen MR) is 126 cm³/mol. The van der Waals surface area contributed by atoms with Crippen LogP contribution in [0.1, 0.15) is 91.9 Å². The first-order valence-corrected chi connectivity index (χ1v) is 12.1. The van der Waals surface area contributed by atoms with Gasteiger partial charge >= 0.3 is 37.7 Å². The molecule has 0 rings (SSSR count). The standard InChI is InChI=1S/2C11H22O2S.Ca/c2*1-9(2)6-4-3-5-7-10(8-14)11(12)13;/h2*9-10,14H,3-8H2,1-2H3,(H,12,13);/q;;+2/p-2. The van der Waals surface area contributed by atoms with E-state index in [-0.39, 0.29) is 49.6 Å². The van der Waals surface area contributed by atoms with E-state index in [2.05, 4.69) is 53.0 Å². The third-order valence-corrected chi connectivity index (χ3v) is 5.66. The van der Waals surface area contributed by atoms with Crippen molar-refractivity contribution >= 4 is 74.9 Å². The first kappa shape index (κ1) is 34.5. The van der Waals surface area contributed by atoms with Crippen molar-refractivity contribution < 1.29 is 19.8 Å². The summed E-state index contributed by atoms with van der Waals surface area (Å²) in [6.07, 6.45) is 10.5. The first-order valence-electron chi connectivity index (χ1n) is 10.8. The topological polar surface area (TPSA) is 80.3 Å². The van der Waals surface area contributed by atoms with E-state index in [0.29, 0.717) is 24.3 Å². The van der Waals surface area contributed by atoms with Crippen LogP contribution in [-0.4, -0.2) is 61.2 Å². The van der Waals surface area contributed by atoms with Gasteiger partial charge in [0.25, 0.3) is 0 Å². The SMILES string of the molecule is CC(C)CCCCCC(CS)C(=O)[O-].CC(C)CCCCCC(CS)C(=O)[O-].[Ca+2]. The Hall–Kier alpha value is 0.900. The normalized spacial score (nSPS) is 12.7. The number of rotatable bonds is 16. The maximum absolute atomic E-state index is 10.5. The van der Waals surface area contributed by atoms with Crippen LogP contribution in [0.25, 0.3) is 0 Å². The second-order valence-corrected chi connectivity index (χ2v) is 9.19. The van der Waals surface area contributed by atoms with E-state index in [1.54, 1.807) is 0 Å². The summed E-state index contributed by atoms with van der Waals surface area (Å²) < 4.78 is 0. The molecule has 0 spiro atoms. The van der Waals surface area contributed by atoms with Crippen LogP contribution in [0.5, 0.6) is 0 Å². The van der Waals surface area contributed by atoms with E-state index in [0.717, 1.165) is 37.5 Å². The molecule has 0 saturated heterocycles. The van der Waals surface area contributed by atoms with Crippen LogP contribution in [0.15, 0.2) is 0 Å². The zero-order chi connectivity index (χ0) is 21.9. The van der Waals surface area contributed by atoms with Crippen molar-refractivity contribution in [3.8, 4) is 0 Å². The molecule has 0 bridgehead atoms. The van der Waals surface area contributed by atoms with E-state index in [9.17, 15) is 19.8 Å². The molecule has 0 heterocycles. The van der Waals surface area contributed by atoms with Crippen LogP contribution >= 0.6 is 25.3 Å². The Morgan fingerprint density at radius 2 is 0.897 bits per heavy atom. The van der Waals surface area contributed by atoms with Crippen LogP contribution in [0, 0.1) is 23.7 Å². The molecule has 2 unspecified atom stereocenters. The Bertz CT molecular complexity index is 357. The van der Waals surface area contributed by atoms with Crippen LogP contribution in [0.3, 0.4) is 0 Å². The van der Waals surface area contributed by atoms with Crippen molar-refractivity contribution in [1.82, 2.24) is 0 Å². The van der Waals surface area contributed by atoms with Gasteiger partial charge in [0.1, 0.15) is 0 Å². The summed E-state index contributed by atoms with van der Waals surface area (Å²) in [5.41, 5.74) is 0. The number of carboxylic acids is 2. The van der Waals surface area contributed by atoms with Gasteiger partial charge in [-0.1, -0.05) is 79.1 Å². The van der Waals surface area contributed by atoms with Crippen LogP contribution in [0.4, 0.5) is 0 Å². The second kappa shape index (κ2) is 23.6. The number of hydrogen-bond donors (Lipinski definition) is 2. The van der Waals surface area contributed by atoms with Gasteiger partial charge in [0.2, 0.25) is 0 Å². The molecule has 0 aliphatic rings. The van der Waals surface area contributed by atoms with Gasteiger partial charge in [-0.3, -0.25) is 0 Å². The molecule has 0 radical (unpaired) electrons. The number of thiol groups is 2. The van der Waals surface area contributed by atoms with Crippen molar-refractivity contribution in [1.29, 1.82) is 0 Å². The minimum absolute atomic E-state index is 0. The predicted octanol–water partition coefficient (Wildman–Crippen LogP) is 3.40. The molecule has 0 aromatic rings. The summed E-state index contributed by atoms with van der Waals surface area (Å²) in [7, 11) is 0. The molecule has 0 aromatic heterocycles. The number of aliphatic carboxylic acids is 2. The van der Waals surface area contributed by atoms with E-state index in [4.69, 9.17) is 0 Å². The number of carbonyl (C=O) groups excluding carboxylic acids is 2. The molecule has 0 fully saturated rings. The minimum Gasteiger partial charge on any atom is -0.550 e. The van der Waals surface area contributed by atoms with E-state index < -0.39 is 11.9 Å². The quantitative estimate of drug-likeness (QED) is 0.204. The average Bonchev–Trinajstić information content (AvgIpc) is 2.60. The fraction of sp³-hybridized carbons (Fsp3) is 0.909. The Balaban J connectivity index is -0.000000451. The zero-order valence-electron chi connectivity index (χ0n) is 19.0. The molecular weight excluding hydrogens is 432 g/mol. The summed E-state index contributed by atoms with van der Waals surface area (Å²) in [6, 6.07) is 0. The molecule has 0 saturated carbocycles. The minimum atomic E-state index is -0.955. The van der Waals surface area contributed by atoms with Gasteiger partial charge in [-0.25, -0.2) is 0 Å². The zero-order valence-corrected chi connectivity index (χ0v) is 23.0. The van der Waals surface area contributed by atoms with E-state index in [1.807, 2.05) is 0 Å². The molecule has 0 aromatic carbocycles. The number of unbranched alkanes of at least 4 members (excludes halogenated alkanes) is 4. The van der Waals surface area contributed by atoms with Crippen LogP contribution < -0.4 is 10.2 Å². The number of hydrogen-bond acceptors (Lipinski definition) is 6. The summed E-state index contributed by atoms with van der Waals surface area (Å²) in [5.74, 6) is -0.352. The molecule has 0 aliphatic heterocycles. The Labute approximate surface area is 220 Å². The molecule has 4 nitrogen and oxygen atoms in total. The van der Waals surface area contributed by atoms with Crippen molar-refractivity contribution in [2.75, 3.05) is 11.5 Å². The summed E-state index contributed by atoms with van der Waals surface area (Å²) in [5, 5.41) is 21.1. The Kier molecular flexibility index (Phi) is 28.0. The van der Waals surface area contributed by atoms with E-state index in [1.165, 1.54) is 25.7 Å². The monoisotopic (exact) mass is 474 g/mol. The molecule has 168 valence electrons. The number of carbonyl (C=O) groups is 2. The molecule has 2 atom stereocenters. The second-order valence-electron chi connectivity index (χ2n) is 8.46. The van der Waals surface area contributed by atoms with Gasteiger partial charge in [-0.05, 0) is 36.2 Å². The Morgan fingerprint density at radius 1 is 0.621 bits per heavy atom. The summed E-state index contributed by atoms with van der Waals surface area (Å²) in [6.45, 7) is 8.82. The largest absolute Gasteiger partial charge is 2.00 e. The third kappa shape index (κ3) is 25.0. The van der Waals surface area contributed by atoms with Gasteiger partial charge in [-0.15, -0.1) is 0 Å². The van der Waals surface area contributed by atoms with Gasteiger partial charge in [0, 0.05) is 23.8 Å². The van der Waals surface area contributed by atoms with Crippen molar-refractivity contribution in [3.63, 3.8) is 0 Å². The Morgan fingerprint density at radius 3 is 1.10 bits per heavy atom. The van der Waals surface area contributed by atoms with Crippen molar-refractivity contribution in [3.05, 3.63) is 0 Å². The maximum atomic E-state index is 10.5. The fourth-order valence-electron chi connectivity index (χ4n) is 2.81. The van der Waals surface area contributed by atoms with Gasteiger partial charge in [0.15, 0.2) is 0 Å². The van der Waals surface area contributed by atoms with Crippen LogP contribution in [0.2, 0.25) is 0 Å². The van der Waals surface area contributed by atoms with Gasteiger partial charge in [-0.2, -0.15) is 25.3 Å². The fourth-order valence-corrected chi connectivity index (χ4v) is 3.47. The molecule has 29 heavy (non-hydrogen) atoms. The molecule has 0 amide bonds. The number of carboxylic acid groups (broad SMARTS) is 2. The van der Waals surface area contributed by atoms with Crippen molar-refractivity contribution in [2.45, 2.75) is 91.9 Å². The first-order chi connectivity index (χ1) is 13.1. The van der Waals surface area contributed by atoms with Crippen LogP contribution in [-0.2, 0) is 9.59 Å².